The molecule has 0 spiro atoms. The van der Waals surface area contributed by atoms with Gasteiger partial charge in [-0.05, 0) is 26.8 Å². The molecule has 0 heterocycles. The summed E-state index contributed by atoms with van der Waals surface area (Å²) in [6.07, 6.45) is 0.982. The fraction of sp³-hybridized carbons (Fsp3) is 0.889. The Morgan fingerprint density at radius 2 is 2.08 bits per heavy atom. The van der Waals surface area contributed by atoms with E-state index in [2.05, 4.69) is 10.6 Å². The summed E-state index contributed by atoms with van der Waals surface area (Å²) in [5, 5.41) is 5.77. The van der Waals surface area contributed by atoms with Crippen LogP contribution in [0.1, 0.15) is 26.7 Å². The van der Waals surface area contributed by atoms with Gasteiger partial charge >= 0.3 is 0 Å². The minimum Gasteiger partial charge on any atom is -0.354 e. The van der Waals surface area contributed by atoms with E-state index in [-0.39, 0.29) is 18.6 Å². The van der Waals surface area contributed by atoms with Crippen molar-refractivity contribution in [3.05, 3.63) is 0 Å². The second-order valence-electron chi connectivity index (χ2n) is 3.26. The van der Waals surface area contributed by atoms with Crippen LogP contribution in [0.4, 0.5) is 4.39 Å². The maximum absolute atomic E-state index is 11.6. The Balaban J connectivity index is 3.17. The Bertz CT molecular complexity index is 140. The Morgan fingerprint density at radius 1 is 1.38 bits per heavy atom. The molecule has 0 aliphatic carbocycles. The number of amides is 1. The highest BCUT2D eigenvalue weighted by atomic mass is 19.1. The third-order valence-corrected chi connectivity index (χ3v) is 1.47. The fourth-order valence-electron chi connectivity index (χ4n) is 0.913. The van der Waals surface area contributed by atoms with Crippen LogP contribution < -0.4 is 10.6 Å². The molecule has 3 nitrogen and oxygen atoms in total. The molecule has 4 heteroatoms. The fourth-order valence-corrected chi connectivity index (χ4v) is 0.913. The average molecular weight is 190 g/mol. The first-order valence-electron chi connectivity index (χ1n) is 4.73. The quantitative estimate of drug-likeness (QED) is 0.584. The molecular weight excluding hydrogens is 171 g/mol. The van der Waals surface area contributed by atoms with Gasteiger partial charge in [0.2, 0.25) is 5.91 Å². The molecule has 0 aromatic rings. The van der Waals surface area contributed by atoms with Crippen LogP contribution in [0.25, 0.3) is 0 Å². The minimum atomic E-state index is -0.300. The molecule has 2 N–H and O–H groups in total. The maximum Gasteiger partial charge on any atom is 0.221 e. The number of halogens is 1. The van der Waals surface area contributed by atoms with Gasteiger partial charge in [-0.3, -0.25) is 9.18 Å². The lowest BCUT2D eigenvalue weighted by Crippen LogP contribution is -2.32. The number of rotatable bonds is 7. The topological polar surface area (TPSA) is 41.1 Å². The summed E-state index contributed by atoms with van der Waals surface area (Å²) in [4.78, 5) is 11.1. The molecule has 0 atom stereocenters. The Hall–Kier alpha value is -0.640. The molecule has 0 fully saturated rings. The highest BCUT2D eigenvalue weighted by Gasteiger charge is 2.01. The summed E-state index contributed by atoms with van der Waals surface area (Å²) in [5.41, 5.74) is 0. The Kier molecular flexibility index (Phi) is 7.59. The van der Waals surface area contributed by atoms with Crippen LogP contribution in [0, 0.1) is 0 Å². The van der Waals surface area contributed by atoms with Crippen molar-refractivity contribution in [2.75, 3.05) is 19.8 Å². The highest BCUT2D eigenvalue weighted by Crippen LogP contribution is 1.83. The van der Waals surface area contributed by atoms with E-state index in [0.29, 0.717) is 25.9 Å². The first kappa shape index (κ1) is 12.4. The van der Waals surface area contributed by atoms with Crippen LogP contribution in [-0.4, -0.2) is 31.7 Å². The molecule has 13 heavy (non-hydrogen) atoms. The van der Waals surface area contributed by atoms with Crippen molar-refractivity contribution >= 4 is 5.91 Å². The predicted molar refractivity (Wildman–Crippen MR) is 51.4 cm³/mol. The molecule has 0 saturated heterocycles. The zero-order valence-corrected chi connectivity index (χ0v) is 8.40. The summed E-state index contributed by atoms with van der Waals surface area (Å²) in [5.74, 6) is 0.0442. The van der Waals surface area contributed by atoms with E-state index in [1.54, 1.807) is 0 Å². The van der Waals surface area contributed by atoms with Crippen molar-refractivity contribution in [3.8, 4) is 0 Å². The molecule has 0 aliphatic rings. The summed E-state index contributed by atoms with van der Waals surface area (Å²) in [6.45, 7) is 4.82. The predicted octanol–water partition coefficient (Wildman–Crippen LogP) is 0.850. The number of carbonyl (C=O) groups excluding carboxylic acids is 1. The van der Waals surface area contributed by atoms with E-state index in [1.165, 1.54) is 0 Å². The van der Waals surface area contributed by atoms with E-state index in [9.17, 15) is 9.18 Å². The van der Waals surface area contributed by atoms with Gasteiger partial charge in [-0.2, -0.15) is 0 Å². The van der Waals surface area contributed by atoms with Crippen LogP contribution >= 0.6 is 0 Å². The van der Waals surface area contributed by atoms with Gasteiger partial charge in [-0.15, -0.1) is 0 Å². The SMILES string of the molecule is CC(C)NC(=O)CCNCCCF. The standard InChI is InChI=1S/C9H19FN2O/c1-8(2)12-9(13)4-7-11-6-3-5-10/h8,11H,3-7H2,1-2H3,(H,12,13). The largest absolute Gasteiger partial charge is 0.354 e. The second kappa shape index (κ2) is 7.98. The normalized spacial score (nSPS) is 10.5. The summed E-state index contributed by atoms with van der Waals surface area (Å²) in [7, 11) is 0. The van der Waals surface area contributed by atoms with Crippen LogP contribution in [0.15, 0.2) is 0 Å². The van der Waals surface area contributed by atoms with E-state index in [1.807, 2.05) is 13.8 Å². The molecule has 0 aromatic heterocycles. The van der Waals surface area contributed by atoms with Crippen LogP contribution in [0.2, 0.25) is 0 Å². The van der Waals surface area contributed by atoms with Gasteiger partial charge < -0.3 is 10.6 Å². The zero-order valence-electron chi connectivity index (χ0n) is 8.40. The zero-order chi connectivity index (χ0) is 10.1. The number of hydrogen-bond donors (Lipinski definition) is 2. The molecule has 0 rings (SSSR count). The number of alkyl halides is 1. The second-order valence-corrected chi connectivity index (χ2v) is 3.26. The molecule has 0 saturated carbocycles. The molecule has 0 unspecified atom stereocenters. The molecule has 78 valence electrons. The lowest BCUT2D eigenvalue weighted by atomic mass is 10.3. The lowest BCUT2D eigenvalue weighted by molar-refractivity contribution is -0.121. The third kappa shape index (κ3) is 9.27. The maximum atomic E-state index is 11.6. The van der Waals surface area contributed by atoms with Gasteiger partial charge in [0.05, 0.1) is 6.67 Å². The van der Waals surface area contributed by atoms with E-state index < -0.39 is 0 Å². The molecule has 0 aliphatic heterocycles. The van der Waals surface area contributed by atoms with Gasteiger partial charge in [0.1, 0.15) is 0 Å². The lowest BCUT2D eigenvalue weighted by Gasteiger charge is -2.08. The average Bonchev–Trinajstić information content (AvgIpc) is 2.02. The van der Waals surface area contributed by atoms with Crippen molar-refractivity contribution in [3.63, 3.8) is 0 Å². The van der Waals surface area contributed by atoms with Gasteiger partial charge in [0.15, 0.2) is 0 Å². The smallest absolute Gasteiger partial charge is 0.221 e. The highest BCUT2D eigenvalue weighted by molar-refractivity contribution is 5.76. The molecule has 0 radical (unpaired) electrons. The number of hydrogen-bond acceptors (Lipinski definition) is 2. The minimum absolute atomic E-state index is 0.0442. The van der Waals surface area contributed by atoms with Crippen LogP contribution in [0.5, 0.6) is 0 Å². The number of nitrogens with one attached hydrogen (secondary N) is 2. The van der Waals surface area contributed by atoms with E-state index in [0.717, 1.165) is 0 Å². The molecule has 1 amide bonds. The summed E-state index contributed by atoms with van der Waals surface area (Å²) < 4.78 is 11.6. The first-order chi connectivity index (χ1) is 6.16. The van der Waals surface area contributed by atoms with E-state index in [4.69, 9.17) is 0 Å². The van der Waals surface area contributed by atoms with Gasteiger partial charge in [0.25, 0.3) is 0 Å². The van der Waals surface area contributed by atoms with E-state index >= 15 is 0 Å². The Labute approximate surface area is 79.1 Å². The van der Waals surface area contributed by atoms with Gasteiger partial charge in [0, 0.05) is 19.0 Å². The Morgan fingerprint density at radius 3 is 2.62 bits per heavy atom. The van der Waals surface area contributed by atoms with Crippen LogP contribution in [0.3, 0.4) is 0 Å². The van der Waals surface area contributed by atoms with Crippen molar-refractivity contribution in [2.24, 2.45) is 0 Å². The summed E-state index contributed by atoms with van der Waals surface area (Å²) >= 11 is 0. The first-order valence-corrected chi connectivity index (χ1v) is 4.73. The van der Waals surface area contributed by atoms with Crippen LogP contribution in [-0.2, 0) is 4.79 Å². The monoisotopic (exact) mass is 190 g/mol. The van der Waals surface area contributed by atoms with Gasteiger partial charge in [-0.25, -0.2) is 0 Å². The van der Waals surface area contributed by atoms with Crippen molar-refractivity contribution in [1.29, 1.82) is 0 Å². The van der Waals surface area contributed by atoms with Crippen molar-refractivity contribution < 1.29 is 9.18 Å². The molecule has 0 aromatic carbocycles. The third-order valence-electron chi connectivity index (χ3n) is 1.47. The van der Waals surface area contributed by atoms with Gasteiger partial charge in [-0.1, -0.05) is 0 Å². The molecular formula is C9H19FN2O. The molecule has 0 bridgehead atoms. The number of carbonyl (C=O) groups is 1. The van der Waals surface area contributed by atoms with Crippen molar-refractivity contribution in [1.82, 2.24) is 10.6 Å². The van der Waals surface area contributed by atoms with Crippen molar-refractivity contribution in [2.45, 2.75) is 32.7 Å². The summed E-state index contributed by atoms with van der Waals surface area (Å²) in [6, 6.07) is 0.193.